The molecule has 1 saturated heterocycles. The molecule has 31 heavy (non-hydrogen) atoms. The van der Waals surface area contributed by atoms with Crippen LogP contribution in [0.5, 0.6) is 0 Å². The van der Waals surface area contributed by atoms with Crippen LogP contribution in [-0.4, -0.2) is 67.9 Å². The summed E-state index contributed by atoms with van der Waals surface area (Å²) in [4.78, 5) is 30.6. The molecule has 0 aliphatic carbocycles. The first kappa shape index (κ1) is 22.7. The summed E-state index contributed by atoms with van der Waals surface area (Å²) in [6.45, 7) is 8.52. The zero-order chi connectivity index (χ0) is 22.5. The third-order valence-electron chi connectivity index (χ3n) is 5.59. The van der Waals surface area contributed by atoms with Gasteiger partial charge in [0.25, 0.3) is 0 Å². The van der Waals surface area contributed by atoms with Crippen LogP contribution in [0.2, 0.25) is 0 Å². The topological polar surface area (TPSA) is 55.9 Å². The van der Waals surface area contributed by atoms with Crippen molar-refractivity contribution in [1.82, 2.24) is 9.80 Å². The van der Waals surface area contributed by atoms with Gasteiger partial charge >= 0.3 is 0 Å². The molecule has 1 heterocycles. The number of aryl methyl sites for hydroxylation is 3. The van der Waals surface area contributed by atoms with Gasteiger partial charge in [0, 0.05) is 31.9 Å². The van der Waals surface area contributed by atoms with E-state index in [9.17, 15) is 14.0 Å². The molecule has 2 aromatic carbocycles. The average molecular weight is 427 g/mol. The second kappa shape index (κ2) is 9.92. The maximum atomic E-state index is 14.0. The van der Waals surface area contributed by atoms with Crippen molar-refractivity contribution < 1.29 is 14.0 Å². The summed E-state index contributed by atoms with van der Waals surface area (Å²) in [7, 11) is 1.77. The Morgan fingerprint density at radius 3 is 2.23 bits per heavy atom. The number of anilines is 2. The first-order valence-corrected chi connectivity index (χ1v) is 10.6. The number of piperazine rings is 1. The highest BCUT2D eigenvalue weighted by molar-refractivity contribution is 5.94. The highest BCUT2D eigenvalue weighted by Crippen LogP contribution is 2.22. The molecular weight excluding hydrogens is 395 g/mol. The lowest BCUT2D eigenvalue weighted by molar-refractivity contribution is -0.132. The smallest absolute Gasteiger partial charge is 0.238 e. The predicted octanol–water partition coefficient (Wildman–Crippen LogP) is 2.97. The number of likely N-dealkylation sites (N-methyl/N-ethyl adjacent to an activating group) is 1. The lowest BCUT2D eigenvalue weighted by Crippen LogP contribution is -2.51. The van der Waals surface area contributed by atoms with Crippen LogP contribution >= 0.6 is 0 Å². The number of nitrogens with zero attached hydrogens (tertiary/aromatic N) is 3. The first-order chi connectivity index (χ1) is 14.7. The molecule has 0 unspecified atom stereocenters. The summed E-state index contributed by atoms with van der Waals surface area (Å²) in [6, 6.07) is 10.8. The monoisotopic (exact) mass is 426 g/mol. The molecule has 6 nitrogen and oxygen atoms in total. The van der Waals surface area contributed by atoms with Gasteiger partial charge in [-0.3, -0.25) is 14.5 Å². The molecule has 2 amide bonds. The molecule has 0 radical (unpaired) electrons. The normalized spacial score (nSPS) is 14.1. The van der Waals surface area contributed by atoms with E-state index in [4.69, 9.17) is 0 Å². The van der Waals surface area contributed by atoms with E-state index in [0.717, 1.165) is 22.4 Å². The molecule has 0 spiro atoms. The Morgan fingerprint density at radius 1 is 1.00 bits per heavy atom. The zero-order valence-corrected chi connectivity index (χ0v) is 18.7. The summed E-state index contributed by atoms with van der Waals surface area (Å²) in [5.41, 5.74) is 4.62. The number of para-hydroxylation sites is 1. The summed E-state index contributed by atoms with van der Waals surface area (Å²) in [5, 5.41) is 2.97. The van der Waals surface area contributed by atoms with Gasteiger partial charge in [0.2, 0.25) is 11.8 Å². The van der Waals surface area contributed by atoms with E-state index >= 15 is 0 Å². The fourth-order valence-corrected chi connectivity index (χ4v) is 4.09. The molecule has 0 saturated carbocycles. The van der Waals surface area contributed by atoms with E-state index in [1.54, 1.807) is 29.0 Å². The van der Waals surface area contributed by atoms with Crippen LogP contribution in [0.25, 0.3) is 0 Å². The first-order valence-electron chi connectivity index (χ1n) is 10.6. The van der Waals surface area contributed by atoms with E-state index in [1.165, 1.54) is 6.07 Å². The maximum Gasteiger partial charge on any atom is 0.238 e. The van der Waals surface area contributed by atoms with Gasteiger partial charge in [-0.2, -0.15) is 0 Å². The number of amides is 2. The van der Waals surface area contributed by atoms with Gasteiger partial charge < -0.3 is 15.1 Å². The average Bonchev–Trinajstić information content (AvgIpc) is 2.71. The van der Waals surface area contributed by atoms with E-state index < -0.39 is 0 Å². The van der Waals surface area contributed by atoms with Gasteiger partial charge in [-0.05, 0) is 51.1 Å². The molecule has 0 aromatic heterocycles. The third-order valence-corrected chi connectivity index (χ3v) is 5.59. The van der Waals surface area contributed by atoms with Gasteiger partial charge in [0.15, 0.2) is 0 Å². The van der Waals surface area contributed by atoms with Crippen molar-refractivity contribution in [3.8, 4) is 0 Å². The molecule has 1 aliphatic rings. The third kappa shape index (κ3) is 5.82. The van der Waals surface area contributed by atoms with E-state index in [0.29, 0.717) is 31.9 Å². The molecular formula is C24H31FN4O2. The molecule has 3 rings (SSSR count). The van der Waals surface area contributed by atoms with E-state index in [1.807, 2.05) is 43.9 Å². The number of halogens is 1. The minimum Gasteiger partial charge on any atom is -0.366 e. The van der Waals surface area contributed by atoms with Crippen LogP contribution in [0.4, 0.5) is 15.8 Å². The summed E-state index contributed by atoms with van der Waals surface area (Å²) in [5.74, 6) is -0.409. The molecule has 2 aromatic rings. The van der Waals surface area contributed by atoms with Gasteiger partial charge in [0.1, 0.15) is 5.82 Å². The van der Waals surface area contributed by atoms with Crippen molar-refractivity contribution >= 4 is 23.2 Å². The van der Waals surface area contributed by atoms with Crippen molar-refractivity contribution in [2.75, 3.05) is 56.5 Å². The van der Waals surface area contributed by atoms with Crippen LogP contribution in [0.15, 0.2) is 36.4 Å². The highest BCUT2D eigenvalue weighted by atomic mass is 19.1. The number of carbonyl (C=O) groups excluding carboxylic acids is 2. The number of benzene rings is 2. The molecule has 0 atom stereocenters. The van der Waals surface area contributed by atoms with E-state index in [-0.39, 0.29) is 30.7 Å². The Bertz CT molecular complexity index is 931. The molecule has 1 N–H and O–H groups in total. The Balaban J connectivity index is 1.48. The molecule has 1 fully saturated rings. The van der Waals surface area contributed by atoms with Gasteiger partial charge in [-0.1, -0.05) is 29.8 Å². The van der Waals surface area contributed by atoms with Gasteiger partial charge in [-0.15, -0.1) is 0 Å². The summed E-state index contributed by atoms with van der Waals surface area (Å²) in [6.07, 6.45) is 0. The predicted molar refractivity (Wildman–Crippen MR) is 122 cm³/mol. The van der Waals surface area contributed by atoms with Crippen molar-refractivity contribution in [3.63, 3.8) is 0 Å². The summed E-state index contributed by atoms with van der Waals surface area (Å²) < 4.78 is 14.0. The Labute approximate surface area is 183 Å². The van der Waals surface area contributed by atoms with Crippen LogP contribution in [-0.2, 0) is 9.59 Å². The van der Waals surface area contributed by atoms with E-state index in [2.05, 4.69) is 5.32 Å². The highest BCUT2D eigenvalue weighted by Gasteiger charge is 2.24. The fourth-order valence-electron chi connectivity index (χ4n) is 4.09. The second-order valence-corrected chi connectivity index (χ2v) is 8.31. The minimum absolute atomic E-state index is 0.0221. The van der Waals surface area contributed by atoms with Crippen LogP contribution in [0.1, 0.15) is 16.7 Å². The van der Waals surface area contributed by atoms with Crippen LogP contribution < -0.4 is 10.2 Å². The van der Waals surface area contributed by atoms with Crippen molar-refractivity contribution in [2.24, 2.45) is 0 Å². The number of nitrogens with one attached hydrogen (secondary N) is 1. The Kier molecular flexibility index (Phi) is 7.28. The lowest BCUT2D eigenvalue weighted by atomic mass is 10.1. The van der Waals surface area contributed by atoms with Gasteiger partial charge in [-0.25, -0.2) is 4.39 Å². The molecule has 1 aliphatic heterocycles. The minimum atomic E-state index is -0.243. The molecule has 0 bridgehead atoms. The largest absolute Gasteiger partial charge is 0.366 e. The SMILES string of the molecule is Cc1cc(C)c(NC(=O)CN(C)CC(=O)N2CCN(c3ccccc3F)CC2)c(C)c1. The molecule has 7 heteroatoms. The quantitative estimate of drug-likeness (QED) is 0.772. The molecule has 166 valence electrons. The Morgan fingerprint density at radius 2 is 1.61 bits per heavy atom. The second-order valence-electron chi connectivity index (χ2n) is 8.31. The standard InChI is InChI=1S/C24H31FN4O2/c1-17-13-18(2)24(19(3)14-17)26-22(30)15-27(4)16-23(31)29-11-9-28(10-12-29)21-8-6-5-7-20(21)25/h5-8,13-14H,9-12,15-16H2,1-4H3,(H,26,30). The maximum absolute atomic E-state index is 14.0. The number of hydrogen-bond acceptors (Lipinski definition) is 4. The zero-order valence-electron chi connectivity index (χ0n) is 18.7. The Hall–Kier alpha value is -2.93. The van der Waals surface area contributed by atoms with Crippen molar-refractivity contribution in [2.45, 2.75) is 20.8 Å². The van der Waals surface area contributed by atoms with Gasteiger partial charge in [0.05, 0.1) is 18.8 Å². The fraction of sp³-hybridized carbons (Fsp3) is 0.417. The van der Waals surface area contributed by atoms with Crippen LogP contribution in [0, 0.1) is 26.6 Å². The van der Waals surface area contributed by atoms with Crippen LogP contribution in [0.3, 0.4) is 0 Å². The number of hydrogen-bond donors (Lipinski definition) is 1. The number of rotatable bonds is 6. The lowest BCUT2D eigenvalue weighted by Gasteiger charge is -2.36. The summed E-state index contributed by atoms with van der Waals surface area (Å²) >= 11 is 0. The van der Waals surface area contributed by atoms with Crippen molar-refractivity contribution in [1.29, 1.82) is 0 Å². The number of carbonyl (C=O) groups is 2. The van der Waals surface area contributed by atoms with Crippen molar-refractivity contribution in [3.05, 3.63) is 58.9 Å².